The monoisotopic (exact) mass is 282 g/mol. The van der Waals surface area contributed by atoms with Crippen LogP contribution in [0.15, 0.2) is 11.6 Å². The molecule has 2 unspecified atom stereocenters. The van der Waals surface area contributed by atoms with Crippen LogP contribution in [-0.2, 0) is 11.3 Å². The number of hydrogen-bond acceptors (Lipinski definition) is 6. The molecule has 104 valence electrons. The molecule has 2 aromatic rings. The van der Waals surface area contributed by atoms with Crippen LogP contribution >= 0.6 is 11.3 Å². The Bertz CT molecular complexity index is 567. The van der Waals surface area contributed by atoms with Gasteiger partial charge >= 0.3 is 0 Å². The van der Waals surface area contributed by atoms with E-state index in [0.29, 0.717) is 19.7 Å². The zero-order chi connectivity index (χ0) is 13.4. The summed E-state index contributed by atoms with van der Waals surface area (Å²) in [4.78, 5) is 7.82. The third kappa shape index (κ3) is 2.12. The minimum Gasteiger partial charge on any atom is -0.394 e. The van der Waals surface area contributed by atoms with Gasteiger partial charge in [-0.2, -0.15) is 0 Å². The Balaban J connectivity index is 1.99. The second kappa shape index (κ2) is 5.09. The van der Waals surface area contributed by atoms with Crippen molar-refractivity contribution in [1.29, 1.82) is 0 Å². The summed E-state index contributed by atoms with van der Waals surface area (Å²) in [6.07, 6.45) is 1.84. The van der Waals surface area contributed by atoms with Gasteiger partial charge in [0.25, 0.3) is 0 Å². The lowest BCUT2D eigenvalue weighted by Crippen LogP contribution is -2.50. The number of thiazole rings is 1. The van der Waals surface area contributed by atoms with Gasteiger partial charge in [-0.15, -0.1) is 11.3 Å². The van der Waals surface area contributed by atoms with Crippen LogP contribution in [0.3, 0.4) is 0 Å². The molecule has 6 nitrogen and oxygen atoms in total. The molecule has 1 saturated heterocycles. The van der Waals surface area contributed by atoms with Gasteiger partial charge in [0.15, 0.2) is 10.8 Å². The molecule has 1 aliphatic rings. The van der Waals surface area contributed by atoms with E-state index in [2.05, 4.69) is 16.8 Å². The summed E-state index contributed by atoms with van der Waals surface area (Å²) in [7, 11) is 0. The van der Waals surface area contributed by atoms with E-state index in [1.807, 2.05) is 16.0 Å². The molecule has 3 N–H and O–H groups in total. The van der Waals surface area contributed by atoms with Crippen molar-refractivity contribution in [1.82, 2.24) is 9.38 Å². The average molecular weight is 282 g/mol. The zero-order valence-electron chi connectivity index (χ0n) is 10.8. The second-order valence-electron chi connectivity index (χ2n) is 4.78. The number of nitrogens with zero attached hydrogens (tertiary/aromatic N) is 3. The normalized spacial score (nSPS) is 24.3. The molecule has 3 rings (SSSR count). The van der Waals surface area contributed by atoms with Crippen molar-refractivity contribution in [3.05, 3.63) is 17.3 Å². The van der Waals surface area contributed by atoms with Crippen LogP contribution in [0, 0.1) is 0 Å². The Hall–Kier alpha value is -1.15. The molecule has 0 radical (unpaired) electrons. The van der Waals surface area contributed by atoms with Crippen LogP contribution in [0.1, 0.15) is 12.6 Å². The lowest BCUT2D eigenvalue weighted by Gasteiger charge is -2.38. The molecular weight excluding hydrogens is 264 g/mol. The number of anilines is 1. The number of ether oxygens (including phenoxy) is 1. The molecule has 0 amide bonds. The number of fused-ring (bicyclic) bond motifs is 1. The summed E-state index contributed by atoms with van der Waals surface area (Å²) >= 11 is 1.60. The highest BCUT2D eigenvalue weighted by molar-refractivity contribution is 7.15. The molecule has 1 aliphatic heterocycles. The van der Waals surface area contributed by atoms with E-state index < -0.39 is 0 Å². The number of morpholine rings is 1. The van der Waals surface area contributed by atoms with E-state index >= 15 is 0 Å². The molecule has 0 aliphatic carbocycles. The third-order valence-electron chi connectivity index (χ3n) is 3.51. The first-order chi connectivity index (χ1) is 9.24. The van der Waals surface area contributed by atoms with Crippen molar-refractivity contribution in [2.45, 2.75) is 25.6 Å². The van der Waals surface area contributed by atoms with Crippen LogP contribution < -0.4 is 10.6 Å². The maximum absolute atomic E-state index is 9.27. The molecule has 2 atom stereocenters. The topological polar surface area (TPSA) is 76.0 Å². The number of aliphatic hydroxyl groups is 1. The number of rotatable bonds is 3. The average Bonchev–Trinajstić information content (AvgIpc) is 2.99. The minimum absolute atomic E-state index is 0.0311. The maximum Gasteiger partial charge on any atom is 0.195 e. The molecule has 3 heterocycles. The van der Waals surface area contributed by atoms with E-state index in [1.165, 1.54) is 0 Å². The molecular formula is C12H18N4O2S. The van der Waals surface area contributed by atoms with Gasteiger partial charge in [-0.1, -0.05) is 0 Å². The number of nitrogens with two attached hydrogens (primary N) is 1. The predicted molar refractivity (Wildman–Crippen MR) is 74.6 cm³/mol. The summed E-state index contributed by atoms with van der Waals surface area (Å²) in [5.74, 6) is 0.920. The van der Waals surface area contributed by atoms with Gasteiger partial charge in [0.1, 0.15) is 0 Å². The SMILES string of the molecule is CC1COC(CO)CN1c1nc2sccn2c1CN. The third-order valence-corrected chi connectivity index (χ3v) is 4.27. The summed E-state index contributed by atoms with van der Waals surface area (Å²) < 4.78 is 7.60. The molecule has 19 heavy (non-hydrogen) atoms. The molecule has 0 saturated carbocycles. The van der Waals surface area contributed by atoms with Gasteiger partial charge in [-0.05, 0) is 6.92 Å². The first-order valence-electron chi connectivity index (χ1n) is 6.38. The molecule has 0 bridgehead atoms. The van der Waals surface area contributed by atoms with Crippen molar-refractivity contribution in [2.24, 2.45) is 5.73 Å². The largest absolute Gasteiger partial charge is 0.394 e. The quantitative estimate of drug-likeness (QED) is 0.854. The van der Waals surface area contributed by atoms with Crippen LogP contribution in [0.25, 0.3) is 4.96 Å². The fourth-order valence-corrected chi connectivity index (χ4v) is 3.19. The van der Waals surface area contributed by atoms with E-state index in [0.717, 1.165) is 16.5 Å². The van der Waals surface area contributed by atoms with E-state index in [9.17, 15) is 5.11 Å². The molecule has 2 aromatic heterocycles. The number of aromatic nitrogens is 2. The Morgan fingerprint density at radius 1 is 1.63 bits per heavy atom. The Morgan fingerprint density at radius 2 is 2.47 bits per heavy atom. The molecule has 7 heteroatoms. The predicted octanol–water partition coefficient (Wildman–Crippen LogP) is 0.440. The van der Waals surface area contributed by atoms with E-state index in [1.54, 1.807) is 11.3 Å². The molecule has 0 aromatic carbocycles. The van der Waals surface area contributed by atoms with Crippen molar-refractivity contribution in [3.63, 3.8) is 0 Å². The van der Waals surface area contributed by atoms with Crippen LogP contribution in [0.2, 0.25) is 0 Å². The first-order valence-corrected chi connectivity index (χ1v) is 7.26. The van der Waals surface area contributed by atoms with Gasteiger partial charge in [0, 0.05) is 24.7 Å². The van der Waals surface area contributed by atoms with Crippen LogP contribution in [0.5, 0.6) is 0 Å². The van der Waals surface area contributed by atoms with Crippen molar-refractivity contribution < 1.29 is 9.84 Å². The van der Waals surface area contributed by atoms with Gasteiger partial charge in [0.05, 0.1) is 31.1 Å². The smallest absolute Gasteiger partial charge is 0.195 e. The highest BCUT2D eigenvalue weighted by atomic mass is 32.1. The fraction of sp³-hybridized carbons (Fsp3) is 0.583. The lowest BCUT2D eigenvalue weighted by atomic mass is 10.2. The van der Waals surface area contributed by atoms with Crippen molar-refractivity contribution in [3.8, 4) is 0 Å². The van der Waals surface area contributed by atoms with Crippen LogP contribution in [-0.4, -0.2) is 46.4 Å². The Kier molecular flexibility index (Phi) is 3.44. The summed E-state index contributed by atoms with van der Waals surface area (Å²) in [6.45, 7) is 3.82. The van der Waals surface area contributed by atoms with E-state index in [-0.39, 0.29) is 18.8 Å². The lowest BCUT2D eigenvalue weighted by molar-refractivity contribution is -0.0106. The molecule has 0 spiro atoms. The molecule has 1 fully saturated rings. The highest BCUT2D eigenvalue weighted by Gasteiger charge is 2.29. The summed E-state index contributed by atoms with van der Waals surface area (Å²) in [6, 6.07) is 0.234. The van der Waals surface area contributed by atoms with Crippen LogP contribution in [0.4, 0.5) is 5.82 Å². The Morgan fingerprint density at radius 3 is 3.21 bits per heavy atom. The highest BCUT2D eigenvalue weighted by Crippen LogP contribution is 2.27. The number of imidazole rings is 1. The van der Waals surface area contributed by atoms with Gasteiger partial charge in [0.2, 0.25) is 0 Å². The number of aliphatic hydroxyl groups excluding tert-OH is 1. The minimum atomic E-state index is -0.151. The van der Waals surface area contributed by atoms with Crippen molar-refractivity contribution in [2.75, 3.05) is 24.7 Å². The maximum atomic E-state index is 9.27. The van der Waals surface area contributed by atoms with Gasteiger partial charge in [-0.25, -0.2) is 4.98 Å². The summed E-state index contributed by atoms with van der Waals surface area (Å²) in [5, 5.41) is 11.3. The Labute approximate surface area is 115 Å². The summed E-state index contributed by atoms with van der Waals surface area (Å²) in [5.41, 5.74) is 6.89. The standard InChI is InChI=1S/C12H18N4O2S/c1-8-7-18-9(6-17)5-16(8)11-10(4-13)15-2-3-19-12(15)14-11/h2-3,8-9,17H,4-7,13H2,1H3. The zero-order valence-corrected chi connectivity index (χ0v) is 11.6. The fourth-order valence-electron chi connectivity index (χ4n) is 2.46. The van der Waals surface area contributed by atoms with E-state index in [4.69, 9.17) is 10.5 Å². The van der Waals surface area contributed by atoms with Gasteiger partial charge in [-0.3, -0.25) is 4.40 Å². The second-order valence-corrected chi connectivity index (χ2v) is 5.65. The van der Waals surface area contributed by atoms with Gasteiger partial charge < -0.3 is 20.5 Å². The first kappa shape index (κ1) is 12.9. The number of hydrogen-bond donors (Lipinski definition) is 2. The van der Waals surface area contributed by atoms with Crippen molar-refractivity contribution >= 4 is 22.1 Å².